The van der Waals surface area contributed by atoms with E-state index in [2.05, 4.69) is 11.4 Å². The number of nitriles is 1. The second kappa shape index (κ2) is 7.24. The van der Waals surface area contributed by atoms with Gasteiger partial charge in [-0.3, -0.25) is 4.79 Å². The number of carbonyl (C=O) groups is 1. The number of carbonyl (C=O) groups excluding carboxylic acids is 1. The van der Waals surface area contributed by atoms with Crippen LogP contribution in [0.25, 0.3) is 0 Å². The average Bonchev–Trinajstić information content (AvgIpc) is 2.16. The predicted octanol–water partition coefficient (Wildman–Crippen LogP) is 1.56. The molecule has 1 unspecified atom stereocenters. The van der Waals surface area contributed by atoms with E-state index in [1.54, 1.807) is 0 Å². The third-order valence-corrected chi connectivity index (χ3v) is 2.56. The van der Waals surface area contributed by atoms with Gasteiger partial charge >= 0.3 is 0 Å². The molecule has 1 atom stereocenters. The largest absolute Gasteiger partial charge is 0.356 e. The van der Waals surface area contributed by atoms with E-state index in [-0.39, 0.29) is 17.4 Å². The van der Waals surface area contributed by atoms with E-state index >= 15 is 0 Å². The molecule has 1 amide bonds. The zero-order chi connectivity index (χ0) is 12.6. The van der Waals surface area contributed by atoms with Gasteiger partial charge in [-0.25, -0.2) is 0 Å². The Balaban J connectivity index is 3.64. The first-order valence-corrected chi connectivity index (χ1v) is 5.77. The fourth-order valence-corrected chi connectivity index (χ4v) is 1.13. The minimum absolute atomic E-state index is 0.000572. The van der Waals surface area contributed by atoms with Crippen LogP contribution >= 0.6 is 0 Å². The molecule has 0 aliphatic rings. The van der Waals surface area contributed by atoms with Crippen molar-refractivity contribution < 1.29 is 4.79 Å². The lowest BCUT2D eigenvalue weighted by molar-refractivity contribution is -0.121. The molecule has 0 radical (unpaired) electrons. The summed E-state index contributed by atoms with van der Waals surface area (Å²) in [6.45, 7) is 6.71. The average molecular weight is 225 g/mol. The predicted molar refractivity (Wildman–Crippen MR) is 64.5 cm³/mol. The second-order valence-electron chi connectivity index (χ2n) is 5.14. The number of unbranched alkanes of at least 4 members (excludes halogenated alkanes) is 2. The van der Waals surface area contributed by atoms with Crippen LogP contribution in [0.5, 0.6) is 0 Å². The van der Waals surface area contributed by atoms with Crippen molar-refractivity contribution in [2.75, 3.05) is 6.54 Å². The number of nitrogens with zero attached hydrogens (tertiary/aromatic N) is 1. The first-order chi connectivity index (χ1) is 7.38. The van der Waals surface area contributed by atoms with Gasteiger partial charge in [-0.2, -0.15) is 5.26 Å². The Morgan fingerprint density at radius 3 is 2.56 bits per heavy atom. The first-order valence-electron chi connectivity index (χ1n) is 5.77. The van der Waals surface area contributed by atoms with Crippen molar-refractivity contribution in [2.24, 2.45) is 11.1 Å². The minimum atomic E-state index is -0.119. The number of rotatable bonds is 6. The van der Waals surface area contributed by atoms with Crippen molar-refractivity contribution in [3.05, 3.63) is 0 Å². The first kappa shape index (κ1) is 14.9. The topological polar surface area (TPSA) is 78.9 Å². The van der Waals surface area contributed by atoms with Crippen LogP contribution in [-0.4, -0.2) is 18.5 Å². The summed E-state index contributed by atoms with van der Waals surface area (Å²) < 4.78 is 0. The lowest BCUT2D eigenvalue weighted by atomic mass is 9.85. The van der Waals surface area contributed by atoms with Gasteiger partial charge in [0.1, 0.15) is 0 Å². The van der Waals surface area contributed by atoms with Crippen LogP contribution < -0.4 is 11.1 Å². The van der Waals surface area contributed by atoms with Gasteiger partial charge in [0, 0.05) is 25.4 Å². The van der Waals surface area contributed by atoms with Gasteiger partial charge in [0.05, 0.1) is 6.07 Å². The summed E-state index contributed by atoms with van der Waals surface area (Å²) in [5.74, 6) is -0.000572. The van der Waals surface area contributed by atoms with E-state index in [0.717, 1.165) is 12.8 Å². The molecule has 0 saturated carbocycles. The molecule has 0 aliphatic carbocycles. The fourth-order valence-electron chi connectivity index (χ4n) is 1.13. The SMILES string of the molecule is CC(C)(C)C(N)CC(=O)NCCCCC#N. The highest BCUT2D eigenvalue weighted by atomic mass is 16.1. The van der Waals surface area contributed by atoms with Crippen molar-refractivity contribution in [3.8, 4) is 6.07 Å². The van der Waals surface area contributed by atoms with Gasteiger partial charge in [-0.05, 0) is 18.3 Å². The summed E-state index contributed by atoms with van der Waals surface area (Å²) in [4.78, 5) is 11.5. The van der Waals surface area contributed by atoms with Crippen molar-refractivity contribution in [1.29, 1.82) is 5.26 Å². The van der Waals surface area contributed by atoms with E-state index in [4.69, 9.17) is 11.0 Å². The van der Waals surface area contributed by atoms with E-state index in [1.165, 1.54) is 0 Å². The molecule has 0 spiro atoms. The highest BCUT2D eigenvalue weighted by molar-refractivity contribution is 5.76. The molecule has 0 heterocycles. The molecule has 0 rings (SSSR count). The van der Waals surface area contributed by atoms with Gasteiger partial charge in [0.25, 0.3) is 0 Å². The molecule has 0 aliphatic heterocycles. The lowest BCUT2D eigenvalue weighted by Gasteiger charge is -2.26. The van der Waals surface area contributed by atoms with Crippen LogP contribution in [0, 0.1) is 16.7 Å². The quantitative estimate of drug-likeness (QED) is 0.673. The van der Waals surface area contributed by atoms with Crippen LogP contribution in [0.3, 0.4) is 0 Å². The Morgan fingerprint density at radius 1 is 1.44 bits per heavy atom. The number of hydrogen-bond acceptors (Lipinski definition) is 3. The molecule has 4 nitrogen and oxygen atoms in total. The van der Waals surface area contributed by atoms with Crippen LogP contribution in [0.15, 0.2) is 0 Å². The number of nitrogens with two attached hydrogens (primary N) is 1. The van der Waals surface area contributed by atoms with Crippen LogP contribution in [0.4, 0.5) is 0 Å². The van der Waals surface area contributed by atoms with Crippen LogP contribution in [-0.2, 0) is 4.79 Å². The molecule has 0 fully saturated rings. The van der Waals surface area contributed by atoms with E-state index < -0.39 is 0 Å². The summed E-state index contributed by atoms with van der Waals surface area (Å²) in [7, 11) is 0. The fraction of sp³-hybridized carbons (Fsp3) is 0.833. The Kier molecular flexibility index (Phi) is 6.75. The van der Waals surface area contributed by atoms with E-state index in [9.17, 15) is 4.79 Å². The molecule has 4 heteroatoms. The van der Waals surface area contributed by atoms with Gasteiger partial charge < -0.3 is 11.1 Å². The molecule has 0 saturated heterocycles. The second-order valence-corrected chi connectivity index (χ2v) is 5.14. The third-order valence-electron chi connectivity index (χ3n) is 2.56. The van der Waals surface area contributed by atoms with Crippen molar-refractivity contribution in [3.63, 3.8) is 0 Å². The molecule has 0 bridgehead atoms. The van der Waals surface area contributed by atoms with Gasteiger partial charge in [-0.1, -0.05) is 20.8 Å². The summed E-state index contributed by atoms with van der Waals surface area (Å²) in [5, 5.41) is 11.1. The molecule has 0 aromatic rings. The molecule has 92 valence electrons. The third kappa shape index (κ3) is 7.24. The zero-order valence-electron chi connectivity index (χ0n) is 10.5. The molecule has 0 aromatic heterocycles. The maximum absolute atomic E-state index is 11.5. The monoisotopic (exact) mass is 225 g/mol. The lowest BCUT2D eigenvalue weighted by Crippen LogP contribution is -2.40. The number of amides is 1. The smallest absolute Gasteiger partial charge is 0.221 e. The van der Waals surface area contributed by atoms with Crippen LogP contribution in [0.2, 0.25) is 0 Å². The molecule has 16 heavy (non-hydrogen) atoms. The Bertz CT molecular complexity index is 250. The molecule has 0 aromatic carbocycles. The molecular weight excluding hydrogens is 202 g/mol. The van der Waals surface area contributed by atoms with Crippen molar-refractivity contribution in [1.82, 2.24) is 5.32 Å². The highest BCUT2D eigenvalue weighted by Gasteiger charge is 2.22. The summed E-state index contributed by atoms with van der Waals surface area (Å²) >= 11 is 0. The Labute approximate surface area is 98.2 Å². The van der Waals surface area contributed by atoms with Crippen molar-refractivity contribution >= 4 is 5.91 Å². The van der Waals surface area contributed by atoms with E-state index in [0.29, 0.717) is 19.4 Å². The summed E-state index contributed by atoms with van der Waals surface area (Å²) in [6, 6.07) is 1.96. The van der Waals surface area contributed by atoms with Gasteiger partial charge in [0.15, 0.2) is 0 Å². The Hall–Kier alpha value is -1.08. The summed E-state index contributed by atoms with van der Waals surface area (Å²) in [5.41, 5.74) is 5.86. The number of hydrogen-bond donors (Lipinski definition) is 2. The van der Waals surface area contributed by atoms with Crippen molar-refractivity contribution in [2.45, 2.75) is 52.5 Å². The van der Waals surface area contributed by atoms with Gasteiger partial charge in [0.2, 0.25) is 5.91 Å². The standard InChI is InChI=1S/C12H23N3O/c1-12(2,3)10(14)9-11(16)15-8-6-4-5-7-13/h10H,4-6,8-9,14H2,1-3H3,(H,15,16). The minimum Gasteiger partial charge on any atom is -0.356 e. The van der Waals surface area contributed by atoms with Gasteiger partial charge in [-0.15, -0.1) is 0 Å². The maximum atomic E-state index is 11.5. The van der Waals surface area contributed by atoms with E-state index in [1.807, 2.05) is 20.8 Å². The van der Waals surface area contributed by atoms with Crippen LogP contribution in [0.1, 0.15) is 46.5 Å². The normalized spacial score (nSPS) is 12.9. The zero-order valence-corrected chi connectivity index (χ0v) is 10.5. The number of nitrogens with one attached hydrogen (secondary N) is 1. The maximum Gasteiger partial charge on any atom is 0.221 e. The highest BCUT2D eigenvalue weighted by Crippen LogP contribution is 2.19. The Morgan fingerprint density at radius 2 is 2.06 bits per heavy atom. The molecule has 3 N–H and O–H groups in total. The summed E-state index contributed by atoms with van der Waals surface area (Å²) in [6.07, 6.45) is 2.60. The molecular formula is C12H23N3O.